The Bertz CT molecular complexity index is 633. The molecule has 0 aliphatic carbocycles. The van der Waals surface area contributed by atoms with Crippen molar-refractivity contribution in [2.45, 2.75) is 20.3 Å². The molecule has 2 N–H and O–H groups in total. The summed E-state index contributed by atoms with van der Waals surface area (Å²) in [4.78, 5) is 18.8. The molecule has 0 aliphatic rings. The standard InChI is InChI=1S/C14H15BrN2O2/c1-8(2)7-11-16-13(18)12(14(19)17-11)9-3-5-10(15)6-4-9/h3-6,8H,7H2,1-2H3,(H2,16,17,18,19). The van der Waals surface area contributed by atoms with E-state index < -0.39 is 0 Å². The quantitative estimate of drug-likeness (QED) is 0.912. The summed E-state index contributed by atoms with van der Waals surface area (Å²) in [7, 11) is 0. The molecule has 0 amide bonds. The Labute approximate surface area is 119 Å². The second-order valence-electron chi connectivity index (χ2n) is 4.82. The molecule has 5 heteroatoms. The lowest BCUT2D eigenvalue weighted by Gasteiger charge is -2.07. The fourth-order valence-corrected chi connectivity index (χ4v) is 2.13. The molecule has 0 atom stereocenters. The molecule has 1 heterocycles. The molecule has 0 bridgehead atoms. The Balaban J connectivity index is 2.48. The maximum atomic E-state index is 12.1. The van der Waals surface area contributed by atoms with Crippen LogP contribution in [0.3, 0.4) is 0 Å². The molecule has 1 aromatic heterocycles. The number of rotatable bonds is 3. The number of halogens is 1. The van der Waals surface area contributed by atoms with Crippen LogP contribution in [0.2, 0.25) is 0 Å². The van der Waals surface area contributed by atoms with Crippen LogP contribution < -0.4 is 5.56 Å². The van der Waals surface area contributed by atoms with Crippen molar-refractivity contribution in [2.75, 3.05) is 0 Å². The Kier molecular flexibility index (Phi) is 4.04. The third kappa shape index (κ3) is 3.23. The van der Waals surface area contributed by atoms with E-state index in [0.29, 0.717) is 23.7 Å². The summed E-state index contributed by atoms with van der Waals surface area (Å²) in [5.74, 6) is 0.654. The van der Waals surface area contributed by atoms with E-state index in [1.807, 2.05) is 26.0 Å². The molecule has 19 heavy (non-hydrogen) atoms. The average molecular weight is 323 g/mol. The first kappa shape index (κ1) is 13.8. The minimum absolute atomic E-state index is 0.208. The van der Waals surface area contributed by atoms with Gasteiger partial charge in [-0.25, -0.2) is 0 Å². The van der Waals surface area contributed by atoms with Gasteiger partial charge >= 0.3 is 0 Å². The molecular formula is C14H15BrN2O2. The average Bonchev–Trinajstić information content (AvgIpc) is 2.29. The minimum atomic E-state index is -0.314. The topological polar surface area (TPSA) is 66.0 Å². The highest BCUT2D eigenvalue weighted by Gasteiger charge is 2.13. The molecule has 2 aromatic rings. The van der Waals surface area contributed by atoms with Gasteiger partial charge in [-0.05, 0) is 23.6 Å². The molecule has 0 unspecified atom stereocenters. The number of nitrogens with one attached hydrogen (secondary N) is 1. The Morgan fingerprint density at radius 1 is 1.32 bits per heavy atom. The van der Waals surface area contributed by atoms with Crippen LogP contribution in [-0.2, 0) is 6.42 Å². The Hall–Kier alpha value is -1.62. The van der Waals surface area contributed by atoms with Crippen molar-refractivity contribution in [1.82, 2.24) is 9.97 Å². The Morgan fingerprint density at radius 2 is 1.95 bits per heavy atom. The van der Waals surface area contributed by atoms with E-state index in [9.17, 15) is 9.90 Å². The van der Waals surface area contributed by atoms with Gasteiger partial charge in [0, 0.05) is 10.9 Å². The third-order valence-electron chi connectivity index (χ3n) is 2.68. The van der Waals surface area contributed by atoms with Gasteiger partial charge in [-0.3, -0.25) is 4.79 Å². The molecule has 0 aliphatic heterocycles. The summed E-state index contributed by atoms with van der Waals surface area (Å²) in [6, 6.07) is 7.16. The predicted molar refractivity (Wildman–Crippen MR) is 78.2 cm³/mol. The highest BCUT2D eigenvalue weighted by atomic mass is 79.9. The van der Waals surface area contributed by atoms with E-state index in [-0.39, 0.29) is 17.0 Å². The second kappa shape index (κ2) is 5.57. The van der Waals surface area contributed by atoms with Crippen molar-refractivity contribution >= 4 is 15.9 Å². The molecule has 4 nitrogen and oxygen atoms in total. The van der Waals surface area contributed by atoms with Crippen molar-refractivity contribution in [3.05, 3.63) is 44.9 Å². The number of nitrogens with zero attached hydrogens (tertiary/aromatic N) is 1. The van der Waals surface area contributed by atoms with E-state index in [1.165, 1.54) is 0 Å². The number of benzene rings is 1. The number of hydrogen-bond acceptors (Lipinski definition) is 3. The molecule has 2 rings (SSSR count). The summed E-state index contributed by atoms with van der Waals surface area (Å²) in [5, 5.41) is 9.96. The van der Waals surface area contributed by atoms with Gasteiger partial charge in [0.05, 0.1) is 0 Å². The number of aromatic hydroxyl groups is 1. The maximum Gasteiger partial charge on any atom is 0.262 e. The van der Waals surface area contributed by atoms with Crippen LogP contribution in [0.4, 0.5) is 0 Å². The highest BCUT2D eigenvalue weighted by Crippen LogP contribution is 2.25. The lowest BCUT2D eigenvalue weighted by molar-refractivity contribution is 0.447. The van der Waals surface area contributed by atoms with Crippen molar-refractivity contribution in [3.8, 4) is 17.0 Å². The number of hydrogen-bond donors (Lipinski definition) is 2. The number of aromatic amines is 1. The van der Waals surface area contributed by atoms with Crippen molar-refractivity contribution in [2.24, 2.45) is 5.92 Å². The molecule has 0 fully saturated rings. The van der Waals surface area contributed by atoms with E-state index >= 15 is 0 Å². The van der Waals surface area contributed by atoms with Gasteiger partial charge in [0.15, 0.2) is 0 Å². The summed E-state index contributed by atoms with van der Waals surface area (Å²) >= 11 is 3.33. The molecule has 0 radical (unpaired) electrons. The summed E-state index contributed by atoms with van der Waals surface area (Å²) < 4.78 is 0.913. The monoisotopic (exact) mass is 322 g/mol. The normalized spacial score (nSPS) is 10.9. The van der Waals surface area contributed by atoms with Crippen LogP contribution in [0, 0.1) is 5.92 Å². The van der Waals surface area contributed by atoms with Crippen LogP contribution >= 0.6 is 15.9 Å². The lowest BCUT2D eigenvalue weighted by Crippen LogP contribution is -2.15. The van der Waals surface area contributed by atoms with Crippen molar-refractivity contribution in [1.29, 1.82) is 0 Å². The van der Waals surface area contributed by atoms with Crippen LogP contribution in [0.5, 0.6) is 5.88 Å². The van der Waals surface area contributed by atoms with Gasteiger partial charge in [-0.2, -0.15) is 4.98 Å². The molecular weight excluding hydrogens is 308 g/mol. The summed E-state index contributed by atoms with van der Waals surface area (Å²) in [5.41, 5.74) is 0.538. The molecule has 1 aromatic carbocycles. The minimum Gasteiger partial charge on any atom is -0.493 e. The molecule has 0 spiro atoms. The van der Waals surface area contributed by atoms with Crippen molar-refractivity contribution in [3.63, 3.8) is 0 Å². The molecule has 0 saturated heterocycles. The predicted octanol–water partition coefficient (Wildman–Crippen LogP) is 3.10. The first-order chi connectivity index (χ1) is 8.97. The SMILES string of the molecule is CC(C)Cc1nc(O)c(-c2ccc(Br)cc2)c(=O)[nH]1. The zero-order valence-electron chi connectivity index (χ0n) is 10.8. The summed E-state index contributed by atoms with van der Waals surface area (Å²) in [6.07, 6.45) is 0.628. The number of H-pyrrole nitrogens is 1. The van der Waals surface area contributed by atoms with E-state index in [0.717, 1.165) is 4.47 Å². The third-order valence-corrected chi connectivity index (χ3v) is 3.21. The second-order valence-corrected chi connectivity index (χ2v) is 5.73. The number of aromatic nitrogens is 2. The van der Waals surface area contributed by atoms with Gasteiger partial charge < -0.3 is 10.1 Å². The van der Waals surface area contributed by atoms with Gasteiger partial charge in [0.25, 0.3) is 5.56 Å². The van der Waals surface area contributed by atoms with Gasteiger partial charge in [0.2, 0.25) is 5.88 Å². The van der Waals surface area contributed by atoms with Crippen LogP contribution in [-0.4, -0.2) is 15.1 Å². The molecule has 100 valence electrons. The first-order valence-electron chi connectivity index (χ1n) is 6.05. The lowest BCUT2D eigenvalue weighted by atomic mass is 10.1. The maximum absolute atomic E-state index is 12.1. The van der Waals surface area contributed by atoms with Crippen LogP contribution in [0.25, 0.3) is 11.1 Å². The summed E-state index contributed by atoms with van der Waals surface area (Å²) in [6.45, 7) is 4.05. The smallest absolute Gasteiger partial charge is 0.262 e. The van der Waals surface area contributed by atoms with Gasteiger partial charge in [-0.15, -0.1) is 0 Å². The largest absolute Gasteiger partial charge is 0.493 e. The fraction of sp³-hybridized carbons (Fsp3) is 0.286. The zero-order chi connectivity index (χ0) is 14.0. The van der Waals surface area contributed by atoms with Gasteiger partial charge in [-0.1, -0.05) is 41.9 Å². The van der Waals surface area contributed by atoms with Crippen LogP contribution in [0.1, 0.15) is 19.7 Å². The molecule has 0 saturated carbocycles. The van der Waals surface area contributed by atoms with Crippen LogP contribution in [0.15, 0.2) is 33.5 Å². The highest BCUT2D eigenvalue weighted by molar-refractivity contribution is 9.10. The fourth-order valence-electron chi connectivity index (χ4n) is 1.87. The van der Waals surface area contributed by atoms with E-state index in [1.54, 1.807) is 12.1 Å². The first-order valence-corrected chi connectivity index (χ1v) is 6.84. The zero-order valence-corrected chi connectivity index (χ0v) is 12.4. The Morgan fingerprint density at radius 3 is 2.47 bits per heavy atom. The van der Waals surface area contributed by atoms with E-state index in [2.05, 4.69) is 25.9 Å². The van der Waals surface area contributed by atoms with Crippen molar-refractivity contribution < 1.29 is 5.11 Å². The van der Waals surface area contributed by atoms with Gasteiger partial charge in [0.1, 0.15) is 11.4 Å². The van der Waals surface area contributed by atoms with E-state index in [4.69, 9.17) is 0 Å².